The Bertz CT molecular complexity index is 1220. The number of carbonyl (C=O) groups is 1. The molecule has 0 radical (unpaired) electrons. The lowest BCUT2D eigenvalue weighted by molar-refractivity contribution is 0.0270. The number of fused-ring (bicyclic) bond motifs is 1. The van der Waals surface area contributed by atoms with Crippen molar-refractivity contribution in [3.05, 3.63) is 59.7 Å². The number of halogens is 2. The molecule has 4 rings (SSSR count). The van der Waals surface area contributed by atoms with Crippen molar-refractivity contribution in [1.29, 1.82) is 0 Å². The molecule has 0 saturated carbocycles. The topological polar surface area (TPSA) is 47.4 Å². The fraction of sp³-hybridized carbons (Fsp3) is 0.385. The first-order valence-electron chi connectivity index (χ1n) is 11.4. The van der Waals surface area contributed by atoms with Crippen LogP contribution in [-0.4, -0.2) is 38.6 Å². The molecule has 0 bridgehead atoms. The van der Waals surface area contributed by atoms with E-state index >= 15 is 4.39 Å². The molecule has 3 heterocycles. The Morgan fingerprint density at radius 2 is 1.94 bits per heavy atom. The van der Waals surface area contributed by atoms with Crippen molar-refractivity contribution >= 4 is 53.0 Å². The monoisotopic (exact) mass is 595 g/mol. The number of pyridine rings is 1. The lowest BCUT2D eigenvalue weighted by atomic mass is 9.96. The van der Waals surface area contributed by atoms with Crippen LogP contribution in [0.4, 0.5) is 9.18 Å². The molecule has 5 nitrogen and oxygen atoms in total. The van der Waals surface area contributed by atoms with Gasteiger partial charge in [-0.25, -0.2) is 14.2 Å². The van der Waals surface area contributed by atoms with Crippen LogP contribution >= 0.6 is 30.3 Å². The Morgan fingerprint density at radius 1 is 1.21 bits per heavy atom. The molecule has 1 amide bonds. The number of benzene rings is 1. The molecule has 2 aromatic heterocycles. The highest BCUT2D eigenvalue weighted by Gasteiger charge is 2.24. The second kappa shape index (κ2) is 11.1. The van der Waals surface area contributed by atoms with E-state index < -0.39 is 5.60 Å². The van der Waals surface area contributed by atoms with Crippen molar-refractivity contribution in [2.45, 2.75) is 53.6 Å². The summed E-state index contributed by atoms with van der Waals surface area (Å²) in [5.41, 5.74) is 4.68. The smallest absolute Gasteiger partial charge is 0.410 e. The predicted molar refractivity (Wildman–Crippen MR) is 149 cm³/mol. The summed E-state index contributed by atoms with van der Waals surface area (Å²) in [4.78, 5) is 18.5. The molecule has 0 aliphatic carbocycles. The van der Waals surface area contributed by atoms with E-state index in [-0.39, 0.29) is 11.9 Å². The highest BCUT2D eigenvalue weighted by molar-refractivity contribution is 14.2. The van der Waals surface area contributed by atoms with Crippen molar-refractivity contribution in [2.24, 2.45) is 0 Å². The molecule has 0 fully saturated rings. The van der Waals surface area contributed by atoms with Crippen molar-refractivity contribution in [3.63, 3.8) is 0 Å². The number of hydrogen-bond acceptors (Lipinski definition) is 4. The third-order valence-corrected chi connectivity index (χ3v) is 7.09. The standard InChI is InChI=1S/C24H25FIN3O2S.C2H6/c1-15-14-29(32-26)22-20(15)11-18(13-27-22)17-5-6-19(21(25)12-17)16-7-9-28(10-8-16)23(30)31-24(2,3)4;1-2/h5-7,11-14H,8-10H2,1-4H3;1-2H3. The van der Waals surface area contributed by atoms with Crippen LogP contribution in [0.3, 0.4) is 0 Å². The van der Waals surface area contributed by atoms with Gasteiger partial charge in [0.05, 0.1) is 0 Å². The summed E-state index contributed by atoms with van der Waals surface area (Å²) in [5.74, 6) is -0.267. The number of carbonyl (C=O) groups excluding carboxylic acids is 1. The second-order valence-corrected chi connectivity index (χ2v) is 10.6. The fourth-order valence-corrected chi connectivity index (χ4v) is 5.11. The summed E-state index contributed by atoms with van der Waals surface area (Å²) in [6, 6.07) is 7.39. The zero-order chi connectivity index (χ0) is 25.0. The number of rotatable bonds is 3. The SMILES string of the molecule is CC.Cc1cn(SI)c2ncc(-c3ccc(C4=CCN(C(=O)OC(C)(C)C)CC4)c(F)c3)cc12. The third-order valence-electron chi connectivity index (χ3n) is 5.39. The van der Waals surface area contributed by atoms with Crippen LogP contribution in [0.15, 0.2) is 42.7 Å². The normalized spacial score (nSPS) is 13.9. The first-order chi connectivity index (χ1) is 16.2. The molecule has 34 heavy (non-hydrogen) atoms. The van der Waals surface area contributed by atoms with Crippen molar-refractivity contribution in [3.8, 4) is 11.1 Å². The van der Waals surface area contributed by atoms with E-state index in [0.29, 0.717) is 25.1 Å². The molecule has 0 spiro atoms. The van der Waals surface area contributed by atoms with E-state index in [2.05, 4.69) is 45.4 Å². The van der Waals surface area contributed by atoms with Gasteiger partial charge in [0, 0.05) is 72.3 Å². The van der Waals surface area contributed by atoms with Crippen LogP contribution < -0.4 is 0 Å². The van der Waals surface area contributed by atoms with Crippen LogP contribution in [0.1, 0.15) is 52.2 Å². The van der Waals surface area contributed by atoms with Gasteiger partial charge in [-0.05, 0) is 62.9 Å². The average molecular weight is 596 g/mol. The highest BCUT2D eigenvalue weighted by atomic mass is 127. The largest absolute Gasteiger partial charge is 0.444 e. The first-order valence-corrected chi connectivity index (χ1v) is 14.7. The average Bonchev–Trinajstić information content (AvgIpc) is 3.14. The molecule has 1 aliphatic heterocycles. The number of amides is 1. The minimum atomic E-state index is -0.531. The van der Waals surface area contributed by atoms with E-state index in [1.54, 1.807) is 26.3 Å². The van der Waals surface area contributed by atoms with Gasteiger partial charge in [0.1, 0.15) is 11.4 Å². The Labute approximate surface area is 217 Å². The Morgan fingerprint density at radius 3 is 2.53 bits per heavy atom. The van der Waals surface area contributed by atoms with Crippen LogP contribution in [0, 0.1) is 12.7 Å². The van der Waals surface area contributed by atoms with Gasteiger partial charge in [-0.3, -0.25) is 3.97 Å². The summed E-state index contributed by atoms with van der Waals surface area (Å²) >= 11 is 2.23. The quantitative estimate of drug-likeness (QED) is 0.288. The maximum atomic E-state index is 15.1. The minimum Gasteiger partial charge on any atom is -0.444 e. The molecule has 1 aliphatic rings. The molecular weight excluding hydrogens is 564 g/mol. The summed E-state index contributed by atoms with van der Waals surface area (Å²) in [6.07, 6.45) is 6.00. The van der Waals surface area contributed by atoms with Gasteiger partial charge in [-0.2, -0.15) is 0 Å². The first kappa shape index (κ1) is 26.5. The highest BCUT2D eigenvalue weighted by Crippen LogP contribution is 2.32. The molecule has 8 heteroatoms. The van der Waals surface area contributed by atoms with E-state index in [1.165, 1.54) is 0 Å². The Hall–Kier alpha value is -2.07. The van der Waals surface area contributed by atoms with Crippen molar-refractivity contribution < 1.29 is 13.9 Å². The summed E-state index contributed by atoms with van der Waals surface area (Å²) in [5, 5.41) is 1.06. The van der Waals surface area contributed by atoms with Crippen molar-refractivity contribution in [2.75, 3.05) is 13.1 Å². The molecular formula is C26H31FIN3O2S. The number of ether oxygens (including phenoxy) is 1. The summed E-state index contributed by atoms with van der Waals surface area (Å²) in [6.45, 7) is 12.5. The van der Waals surface area contributed by atoms with Gasteiger partial charge in [0.15, 0.2) is 5.65 Å². The van der Waals surface area contributed by atoms with Crippen LogP contribution in [-0.2, 0) is 4.74 Å². The number of hydrogen-bond donors (Lipinski definition) is 0. The fourth-order valence-electron chi connectivity index (χ4n) is 3.80. The summed E-state index contributed by atoms with van der Waals surface area (Å²) in [7, 11) is 1.57. The molecule has 0 atom stereocenters. The Kier molecular flexibility index (Phi) is 8.67. The van der Waals surface area contributed by atoms with Gasteiger partial charge in [-0.1, -0.05) is 32.1 Å². The van der Waals surface area contributed by atoms with E-state index in [0.717, 1.165) is 33.3 Å². The number of aromatic nitrogens is 2. The third kappa shape index (κ3) is 5.94. The zero-order valence-electron chi connectivity index (χ0n) is 20.5. The molecule has 0 saturated heterocycles. The van der Waals surface area contributed by atoms with E-state index in [4.69, 9.17) is 4.74 Å². The Balaban J connectivity index is 0.00000158. The van der Waals surface area contributed by atoms with Crippen LogP contribution in [0.5, 0.6) is 0 Å². The maximum Gasteiger partial charge on any atom is 0.410 e. The molecule has 0 unspecified atom stereocenters. The molecule has 182 valence electrons. The van der Waals surface area contributed by atoms with Crippen molar-refractivity contribution in [1.82, 2.24) is 13.9 Å². The maximum absolute atomic E-state index is 15.1. The lowest BCUT2D eigenvalue weighted by Crippen LogP contribution is -2.39. The summed E-state index contributed by atoms with van der Waals surface area (Å²) < 4.78 is 22.5. The van der Waals surface area contributed by atoms with Gasteiger partial charge >= 0.3 is 6.09 Å². The van der Waals surface area contributed by atoms with Crippen LogP contribution in [0.2, 0.25) is 0 Å². The van der Waals surface area contributed by atoms with Crippen LogP contribution in [0.25, 0.3) is 27.7 Å². The lowest BCUT2D eigenvalue weighted by Gasteiger charge is -2.29. The van der Waals surface area contributed by atoms with Gasteiger partial charge in [-0.15, -0.1) is 0 Å². The van der Waals surface area contributed by atoms with Gasteiger partial charge in [0.2, 0.25) is 0 Å². The molecule has 3 aromatic rings. The van der Waals surface area contributed by atoms with Gasteiger partial charge in [0.25, 0.3) is 0 Å². The number of aryl methyl sites for hydroxylation is 1. The molecule has 0 N–H and O–H groups in total. The van der Waals surface area contributed by atoms with E-state index in [1.807, 2.05) is 56.8 Å². The van der Waals surface area contributed by atoms with Gasteiger partial charge < -0.3 is 9.64 Å². The second-order valence-electron chi connectivity index (χ2n) is 8.90. The predicted octanol–water partition coefficient (Wildman–Crippen LogP) is 8.05. The minimum absolute atomic E-state index is 0.267. The number of nitrogens with zero attached hydrogens (tertiary/aromatic N) is 3. The van der Waals surface area contributed by atoms with E-state index in [9.17, 15) is 4.79 Å². The molecule has 1 aromatic carbocycles. The zero-order valence-corrected chi connectivity index (χ0v) is 23.5.